The molecule has 1 amide bonds. The number of benzene rings is 1. The van der Waals surface area contributed by atoms with E-state index in [0.29, 0.717) is 17.7 Å². The van der Waals surface area contributed by atoms with Crippen LogP contribution in [0, 0.1) is 5.41 Å². The maximum atomic E-state index is 11.5. The maximum Gasteiger partial charge on any atom is 0.306 e. The highest BCUT2D eigenvalue weighted by atomic mass is 32.2. The van der Waals surface area contributed by atoms with Crippen LogP contribution in [-0.2, 0) is 14.3 Å². The lowest BCUT2D eigenvalue weighted by molar-refractivity contribution is -0.141. The van der Waals surface area contributed by atoms with Gasteiger partial charge in [-0.15, -0.1) is 11.8 Å². The molecule has 1 aromatic carbocycles. The van der Waals surface area contributed by atoms with Gasteiger partial charge in [0.1, 0.15) is 0 Å². The molecule has 5 nitrogen and oxygen atoms in total. The molecule has 0 bridgehead atoms. The summed E-state index contributed by atoms with van der Waals surface area (Å²) in [5.41, 5.74) is 1.06. The third-order valence-corrected chi connectivity index (χ3v) is 5.28. The number of esters is 1. The van der Waals surface area contributed by atoms with E-state index in [9.17, 15) is 14.4 Å². The number of hydrogen-bond donors (Lipinski definition) is 1. The quantitative estimate of drug-likeness (QED) is 0.513. The predicted octanol–water partition coefficient (Wildman–Crippen LogP) is 2.26. The first kappa shape index (κ1) is 14.1. The lowest BCUT2D eigenvalue weighted by Crippen LogP contribution is -2.12. The van der Waals surface area contributed by atoms with Crippen molar-refractivity contribution in [2.45, 2.75) is 24.2 Å². The number of hydrogen-bond acceptors (Lipinski definition) is 5. The Bertz CT molecular complexity index is 637. The minimum absolute atomic E-state index is 0.0514. The molecule has 1 aromatic rings. The van der Waals surface area contributed by atoms with Crippen molar-refractivity contribution in [2.75, 3.05) is 18.2 Å². The normalized spacial score (nSPS) is 18.1. The molecule has 2 aliphatic rings. The molecular weight excluding hydrogens is 290 g/mol. The lowest BCUT2D eigenvalue weighted by atomic mass is 10.1. The van der Waals surface area contributed by atoms with E-state index in [0.717, 1.165) is 23.5 Å². The number of Topliss-reactive ketones (excluding diaryl/α,β-unsaturated/α-hetero) is 1. The summed E-state index contributed by atoms with van der Waals surface area (Å²) in [6.07, 6.45) is 2.53. The summed E-state index contributed by atoms with van der Waals surface area (Å²) >= 11 is 1.64. The summed E-state index contributed by atoms with van der Waals surface area (Å²) in [5.74, 6) is -0.384. The number of carbonyl (C=O) groups excluding carboxylic acids is 3. The molecule has 3 rings (SSSR count). The maximum absolute atomic E-state index is 11.5. The number of ketones is 1. The molecule has 0 atom stereocenters. The third kappa shape index (κ3) is 2.81. The van der Waals surface area contributed by atoms with Gasteiger partial charge in [0.25, 0.3) is 11.7 Å². The zero-order valence-corrected chi connectivity index (χ0v) is 12.4. The SMILES string of the molecule is COC(=O)CC1(CSc2ccc3c(c2)NC(=O)C3=O)CC1. The van der Waals surface area contributed by atoms with E-state index in [4.69, 9.17) is 4.74 Å². The van der Waals surface area contributed by atoms with Gasteiger partial charge in [0.15, 0.2) is 0 Å². The number of nitrogens with one attached hydrogen (secondary N) is 1. The van der Waals surface area contributed by atoms with E-state index in [2.05, 4.69) is 5.32 Å². The lowest BCUT2D eigenvalue weighted by Gasteiger charge is -2.13. The molecule has 1 saturated carbocycles. The number of rotatable bonds is 5. The molecule has 110 valence electrons. The van der Waals surface area contributed by atoms with Gasteiger partial charge in [0, 0.05) is 10.6 Å². The topological polar surface area (TPSA) is 72.5 Å². The Morgan fingerprint density at radius 2 is 2.14 bits per heavy atom. The van der Waals surface area contributed by atoms with Crippen LogP contribution in [0.5, 0.6) is 0 Å². The molecule has 1 fully saturated rings. The fraction of sp³-hybridized carbons (Fsp3) is 0.400. The van der Waals surface area contributed by atoms with Crippen molar-refractivity contribution in [3.8, 4) is 0 Å². The Morgan fingerprint density at radius 1 is 1.38 bits per heavy atom. The Balaban J connectivity index is 1.65. The first-order valence-corrected chi connectivity index (χ1v) is 7.71. The highest BCUT2D eigenvalue weighted by Crippen LogP contribution is 2.52. The molecule has 0 aromatic heterocycles. The number of amides is 1. The summed E-state index contributed by atoms with van der Waals surface area (Å²) in [7, 11) is 1.41. The number of methoxy groups -OCH3 is 1. The standard InChI is InChI=1S/C15H15NO4S/c1-20-12(17)7-15(4-5-15)8-21-9-2-3-10-11(6-9)16-14(19)13(10)18/h2-3,6H,4-5,7-8H2,1H3,(H,16,18,19). The van der Waals surface area contributed by atoms with Gasteiger partial charge in [-0.05, 0) is 36.5 Å². The monoisotopic (exact) mass is 305 g/mol. The third-order valence-electron chi connectivity index (χ3n) is 3.94. The van der Waals surface area contributed by atoms with Crippen molar-refractivity contribution >= 4 is 35.1 Å². The average Bonchev–Trinajstić information content (AvgIpc) is 3.18. The van der Waals surface area contributed by atoms with Crippen LogP contribution in [0.2, 0.25) is 0 Å². The smallest absolute Gasteiger partial charge is 0.306 e. The number of ether oxygens (including phenoxy) is 1. The van der Waals surface area contributed by atoms with E-state index in [1.165, 1.54) is 7.11 Å². The van der Waals surface area contributed by atoms with Crippen LogP contribution in [0.4, 0.5) is 5.69 Å². The van der Waals surface area contributed by atoms with Crippen LogP contribution in [0.25, 0.3) is 0 Å². The second-order valence-corrected chi connectivity index (χ2v) is 6.58. The number of carbonyl (C=O) groups is 3. The summed E-state index contributed by atoms with van der Waals surface area (Å²) in [5, 5.41) is 2.57. The van der Waals surface area contributed by atoms with Gasteiger partial charge in [-0.25, -0.2) is 0 Å². The van der Waals surface area contributed by atoms with Gasteiger partial charge in [-0.1, -0.05) is 0 Å². The molecule has 6 heteroatoms. The van der Waals surface area contributed by atoms with Crippen molar-refractivity contribution < 1.29 is 19.1 Å². The number of thioether (sulfide) groups is 1. The average molecular weight is 305 g/mol. The van der Waals surface area contributed by atoms with E-state index in [1.54, 1.807) is 17.8 Å². The molecule has 1 N–H and O–H groups in total. The van der Waals surface area contributed by atoms with Gasteiger partial charge in [-0.3, -0.25) is 14.4 Å². The van der Waals surface area contributed by atoms with Gasteiger partial charge in [0.05, 0.1) is 24.8 Å². The van der Waals surface area contributed by atoms with Crippen molar-refractivity contribution in [3.63, 3.8) is 0 Å². The number of anilines is 1. The van der Waals surface area contributed by atoms with Gasteiger partial charge < -0.3 is 10.1 Å². The Labute approximate surface area is 126 Å². The molecule has 1 aliphatic carbocycles. The Kier molecular flexibility index (Phi) is 3.49. The highest BCUT2D eigenvalue weighted by Gasteiger charge is 2.44. The van der Waals surface area contributed by atoms with E-state index in [1.807, 2.05) is 12.1 Å². The Hall–Kier alpha value is -1.82. The second kappa shape index (κ2) is 5.18. The molecule has 21 heavy (non-hydrogen) atoms. The molecule has 0 spiro atoms. The second-order valence-electron chi connectivity index (χ2n) is 5.53. The van der Waals surface area contributed by atoms with Crippen LogP contribution in [-0.4, -0.2) is 30.5 Å². The summed E-state index contributed by atoms with van der Waals surface area (Å²) in [4.78, 5) is 35.2. The molecule has 1 heterocycles. The first-order chi connectivity index (χ1) is 10.0. The summed E-state index contributed by atoms with van der Waals surface area (Å²) < 4.78 is 4.73. The van der Waals surface area contributed by atoms with Gasteiger partial charge in [-0.2, -0.15) is 0 Å². The summed E-state index contributed by atoms with van der Waals surface area (Å²) in [6.45, 7) is 0. The summed E-state index contributed by atoms with van der Waals surface area (Å²) in [6, 6.07) is 5.34. The zero-order chi connectivity index (χ0) is 15.0. The van der Waals surface area contributed by atoms with E-state index >= 15 is 0 Å². The minimum atomic E-state index is -0.573. The molecule has 0 radical (unpaired) electrons. The van der Waals surface area contributed by atoms with Gasteiger partial charge in [0.2, 0.25) is 0 Å². The van der Waals surface area contributed by atoms with E-state index in [-0.39, 0.29) is 11.4 Å². The number of fused-ring (bicyclic) bond motifs is 1. The van der Waals surface area contributed by atoms with E-state index < -0.39 is 11.7 Å². The van der Waals surface area contributed by atoms with Crippen molar-refractivity contribution in [1.29, 1.82) is 0 Å². The van der Waals surface area contributed by atoms with Gasteiger partial charge >= 0.3 is 5.97 Å². The molecule has 0 unspecified atom stereocenters. The fourth-order valence-electron chi connectivity index (χ4n) is 2.38. The predicted molar refractivity (Wildman–Crippen MR) is 78.4 cm³/mol. The van der Waals surface area contributed by atoms with Crippen molar-refractivity contribution in [1.82, 2.24) is 0 Å². The molecule has 0 saturated heterocycles. The Morgan fingerprint density at radius 3 is 2.81 bits per heavy atom. The minimum Gasteiger partial charge on any atom is -0.469 e. The largest absolute Gasteiger partial charge is 0.469 e. The van der Waals surface area contributed by atoms with Crippen LogP contribution < -0.4 is 5.32 Å². The zero-order valence-electron chi connectivity index (χ0n) is 11.6. The van der Waals surface area contributed by atoms with Crippen LogP contribution in [0.1, 0.15) is 29.6 Å². The van der Waals surface area contributed by atoms with Crippen LogP contribution in [0.15, 0.2) is 23.1 Å². The van der Waals surface area contributed by atoms with Crippen LogP contribution >= 0.6 is 11.8 Å². The van der Waals surface area contributed by atoms with Crippen LogP contribution in [0.3, 0.4) is 0 Å². The first-order valence-electron chi connectivity index (χ1n) is 6.72. The molecule has 1 aliphatic heterocycles. The fourth-order valence-corrected chi connectivity index (χ4v) is 3.61. The highest BCUT2D eigenvalue weighted by molar-refractivity contribution is 7.99. The molecular formula is C15H15NO4S. The van der Waals surface area contributed by atoms with Crippen molar-refractivity contribution in [3.05, 3.63) is 23.8 Å². The van der Waals surface area contributed by atoms with Crippen molar-refractivity contribution in [2.24, 2.45) is 5.41 Å².